The highest BCUT2D eigenvalue weighted by atomic mass is 16.3. The molecule has 1 aliphatic heterocycles. The molecule has 0 aromatic heterocycles. The monoisotopic (exact) mass is 433 g/mol. The number of unbranched alkanes of at least 4 members (excludes halogenated alkanes) is 2. The van der Waals surface area contributed by atoms with Crippen LogP contribution < -0.4 is 0 Å². The molecular weight excluding hydrogens is 398 g/mol. The molecule has 1 N–H and O–H groups in total. The fraction of sp³-hybridized carbons (Fsp3) is 0.429. The summed E-state index contributed by atoms with van der Waals surface area (Å²) in [4.78, 5) is 27.9. The summed E-state index contributed by atoms with van der Waals surface area (Å²) >= 11 is 0. The molecule has 0 saturated carbocycles. The lowest BCUT2D eigenvalue weighted by molar-refractivity contribution is -0.139. The molecule has 32 heavy (non-hydrogen) atoms. The van der Waals surface area contributed by atoms with Gasteiger partial charge in [-0.1, -0.05) is 82.5 Å². The summed E-state index contributed by atoms with van der Waals surface area (Å²) in [6.45, 7) is 12.8. The molecule has 1 amide bonds. The fourth-order valence-electron chi connectivity index (χ4n) is 4.32. The molecule has 4 nitrogen and oxygen atoms in total. The van der Waals surface area contributed by atoms with Crippen molar-refractivity contribution >= 4 is 17.4 Å². The summed E-state index contributed by atoms with van der Waals surface area (Å²) in [5.74, 6) is -1.22. The molecule has 0 bridgehead atoms. The number of ketones is 1. The first-order valence-corrected chi connectivity index (χ1v) is 11.5. The summed E-state index contributed by atoms with van der Waals surface area (Å²) in [5, 5.41) is 11.4. The van der Waals surface area contributed by atoms with E-state index in [4.69, 9.17) is 0 Å². The molecule has 1 atom stereocenters. The number of carbonyl (C=O) groups is 2. The van der Waals surface area contributed by atoms with E-state index in [1.165, 1.54) is 0 Å². The molecule has 2 aromatic carbocycles. The van der Waals surface area contributed by atoms with Crippen LogP contribution in [0.2, 0.25) is 0 Å². The number of carbonyl (C=O) groups excluding carboxylic acids is 2. The maximum atomic E-state index is 13.2. The smallest absolute Gasteiger partial charge is 0.295 e. The normalized spacial score (nSPS) is 18.4. The van der Waals surface area contributed by atoms with Gasteiger partial charge in [0.25, 0.3) is 11.7 Å². The van der Waals surface area contributed by atoms with E-state index in [1.54, 1.807) is 4.90 Å². The van der Waals surface area contributed by atoms with Gasteiger partial charge in [0.15, 0.2) is 0 Å². The average Bonchev–Trinajstić information content (AvgIpc) is 2.98. The molecule has 2 aromatic rings. The molecule has 0 radical (unpaired) electrons. The Morgan fingerprint density at radius 3 is 2.38 bits per heavy atom. The molecule has 170 valence electrons. The Kier molecular flexibility index (Phi) is 6.92. The number of likely N-dealkylation sites (tertiary alicyclic amines) is 1. The molecule has 1 heterocycles. The van der Waals surface area contributed by atoms with Crippen molar-refractivity contribution < 1.29 is 14.7 Å². The Labute approximate surface area is 192 Å². The summed E-state index contributed by atoms with van der Waals surface area (Å²) in [6, 6.07) is 13.2. The largest absolute Gasteiger partial charge is 0.507 e. The number of nitrogens with zero attached hydrogens (tertiary/aromatic N) is 1. The first-order valence-electron chi connectivity index (χ1n) is 11.5. The number of amides is 1. The van der Waals surface area contributed by atoms with Gasteiger partial charge >= 0.3 is 0 Å². The van der Waals surface area contributed by atoms with Gasteiger partial charge in [-0.15, -0.1) is 0 Å². The van der Waals surface area contributed by atoms with Crippen LogP contribution in [0.25, 0.3) is 5.76 Å². The summed E-state index contributed by atoms with van der Waals surface area (Å²) < 4.78 is 0. The lowest BCUT2D eigenvalue weighted by Gasteiger charge is -2.26. The van der Waals surface area contributed by atoms with E-state index in [2.05, 4.69) is 27.7 Å². The quantitative estimate of drug-likeness (QED) is 0.255. The van der Waals surface area contributed by atoms with Crippen LogP contribution in [0.3, 0.4) is 0 Å². The van der Waals surface area contributed by atoms with Gasteiger partial charge in [-0.3, -0.25) is 9.59 Å². The van der Waals surface area contributed by atoms with E-state index in [9.17, 15) is 14.7 Å². The number of aliphatic hydroxyl groups is 1. The second-order valence-electron chi connectivity index (χ2n) is 9.89. The molecule has 1 saturated heterocycles. The van der Waals surface area contributed by atoms with E-state index in [0.717, 1.165) is 41.5 Å². The van der Waals surface area contributed by atoms with Crippen molar-refractivity contribution in [2.45, 2.75) is 72.3 Å². The van der Waals surface area contributed by atoms with Crippen molar-refractivity contribution in [2.24, 2.45) is 0 Å². The number of rotatable bonds is 6. The SMILES string of the molecule is CCCCCN1C(=O)C(=O)/C(=C(/O)c2cc(C(C)(C)C)ccc2C)C1c1cccc(C)c1. The molecule has 1 aliphatic rings. The Balaban J connectivity index is 2.20. The van der Waals surface area contributed by atoms with Crippen molar-refractivity contribution in [3.8, 4) is 0 Å². The molecule has 1 unspecified atom stereocenters. The lowest BCUT2D eigenvalue weighted by Crippen LogP contribution is -2.30. The Hall–Kier alpha value is -2.88. The number of benzene rings is 2. The zero-order chi connectivity index (χ0) is 23.6. The van der Waals surface area contributed by atoms with Crippen LogP contribution in [0, 0.1) is 13.8 Å². The Morgan fingerprint density at radius 2 is 1.75 bits per heavy atom. The minimum Gasteiger partial charge on any atom is -0.507 e. The molecule has 4 heteroatoms. The van der Waals surface area contributed by atoms with Crippen molar-refractivity contribution in [3.05, 3.63) is 75.9 Å². The third-order valence-electron chi connectivity index (χ3n) is 6.26. The topological polar surface area (TPSA) is 57.6 Å². The number of hydrogen-bond acceptors (Lipinski definition) is 3. The molecule has 0 spiro atoms. The third-order valence-corrected chi connectivity index (χ3v) is 6.26. The molecule has 0 aliphatic carbocycles. The predicted octanol–water partition coefficient (Wildman–Crippen LogP) is 6.21. The van der Waals surface area contributed by atoms with Gasteiger partial charge in [-0.2, -0.15) is 0 Å². The van der Waals surface area contributed by atoms with Crippen LogP contribution in [0.4, 0.5) is 0 Å². The van der Waals surface area contributed by atoms with Crippen molar-refractivity contribution in [3.63, 3.8) is 0 Å². The van der Waals surface area contributed by atoms with Crippen molar-refractivity contribution in [1.82, 2.24) is 4.90 Å². The van der Waals surface area contributed by atoms with Crippen LogP contribution in [-0.4, -0.2) is 28.2 Å². The van der Waals surface area contributed by atoms with Crippen molar-refractivity contribution in [2.75, 3.05) is 6.54 Å². The summed E-state index contributed by atoms with van der Waals surface area (Å²) in [5.41, 5.74) is 4.53. The fourth-order valence-corrected chi connectivity index (χ4v) is 4.32. The van der Waals surface area contributed by atoms with Crippen LogP contribution >= 0.6 is 0 Å². The van der Waals surface area contributed by atoms with E-state index >= 15 is 0 Å². The summed E-state index contributed by atoms with van der Waals surface area (Å²) in [6.07, 6.45) is 2.83. The highest BCUT2D eigenvalue weighted by molar-refractivity contribution is 6.46. The summed E-state index contributed by atoms with van der Waals surface area (Å²) in [7, 11) is 0. The average molecular weight is 434 g/mol. The highest BCUT2D eigenvalue weighted by Gasteiger charge is 2.45. The maximum Gasteiger partial charge on any atom is 0.295 e. The second-order valence-corrected chi connectivity index (χ2v) is 9.89. The van der Waals surface area contributed by atoms with Crippen LogP contribution in [0.1, 0.15) is 80.8 Å². The Morgan fingerprint density at radius 1 is 1.03 bits per heavy atom. The van der Waals surface area contributed by atoms with E-state index in [0.29, 0.717) is 12.1 Å². The number of hydrogen-bond donors (Lipinski definition) is 1. The first-order chi connectivity index (χ1) is 15.1. The number of Topliss-reactive ketones (excluding diaryl/α,β-unsaturated/α-hetero) is 1. The number of aryl methyl sites for hydroxylation is 2. The first kappa shape index (κ1) is 23.8. The van der Waals surface area contributed by atoms with Crippen LogP contribution in [-0.2, 0) is 15.0 Å². The predicted molar refractivity (Wildman–Crippen MR) is 130 cm³/mol. The van der Waals surface area contributed by atoms with Gasteiger partial charge in [0.1, 0.15) is 5.76 Å². The van der Waals surface area contributed by atoms with Crippen LogP contribution in [0.15, 0.2) is 48.0 Å². The number of aliphatic hydroxyl groups excluding tert-OH is 1. The Bertz CT molecular complexity index is 1060. The van der Waals surface area contributed by atoms with Crippen LogP contribution in [0.5, 0.6) is 0 Å². The van der Waals surface area contributed by atoms with Gasteiger partial charge in [-0.05, 0) is 48.4 Å². The van der Waals surface area contributed by atoms with Gasteiger partial charge < -0.3 is 10.0 Å². The molecule has 1 fully saturated rings. The van der Waals surface area contributed by atoms with E-state index < -0.39 is 17.7 Å². The standard InChI is InChI=1S/C28H35NO3/c1-7-8-9-15-29-24(20-12-10-11-18(2)16-20)23(26(31)27(29)32)25(30)22-17-21(28(4,5)6)14-13-19(22)3/h10-14,16-17,24,30H,7-9,15H2,1-6H3/b25-23+. The third kappa shape index (κ3) is 4.64. The minimum absolute atomic E-state index is 0.0866. The molecular formula is C28H35NO3. The highest BCUT2D eigenvalue weighted by Crippen LogP contribution is 2.40. The van der Waals surface area contributed by atoms with E-state index in [-0.39, 0.29) is 16.7 Å². The van der Waals surface area contributed by atoms with Crippen molar-refractivity contribution in [1.29, 1.82) is 0 Å². The van der Waals surface area contributed by atoms with Gasteiger partial charge in [-0.25, -0.2) is 0 Å². The van der Waals surface area contributed by atoms with Gasteiger partial charge in [0.05, 0.1) is 11.6 Å². The zero-order valence-corrected chi connectivity index (χ0v) is 20.2. The minimum atomic E-state index is -0.605. The van der Waals surface area contributed by atoms with Gasteiger partial charge in [0.2, 0.25) is 0 Å². The zero-order valence-electron chi connectivity index (χ0n) is 20.2. The lowest BCUT2D eigenvalue weighted by atomic mass is 9.84. The maximum absolute atomic E-state index is 13.2. The van der Waals surface area contributed by atoms with E-state index in [1.807, 2.05) is 56.3 Å². The molecule has 3 rings (SSSR count). The van der Waals surface area contributed by atoms with Gasteiger partial charge in [0, 0.05) is 12.1 Å². The second kappa shape index (κ2) is 9.32.